The van der Waals surface area contributed by atoms with Crippen molar-refractivity contribution >= 4 is 11.7 Å². The summed E-state index contributed by atoms with van der Waals surface area (Å²) >= 11 is 0. The number of benzene rings is 1. The summed E-state index contributed by atoms with van der Waals surface area (Å²) in [6, 6.07) is 7.47. The first kappa shape index (κ1) is 15.3. The van der Waals surface area contributed by atoms with Crippen molar-refractivity contribution in [2.45, 2.75) is 38.9 Å². The molecule has 0 bridgehead atoms. The van der Waals surface area contributed by atoms with Crippen molar-refractivity contribution in [1.82, 2.24) is 0 Å². The molecular formula is C14H21NO4. The predicted octanol–water partition coefficient (Wildman–Crippen LogP) is 2.11. The summed E-state index contributed by atoms with van der Waals surface area (Å²) in [7, 11) is 0. The number of rotatable bonds is 8. The first-order chi connectivity index (χ1) is 8.99. The molecule has 0 aliphatic rings. The van der Waals surface area contributed by atoms with Crippen LogP contribution in [0, 0.1) is 0 Å². The second kappa shape index (κ2) is 7.63. The molecule has 1 aromatic rings. The van der Waals surface area contributed by atoms with E-state index in [9.17, 15) is 9.90 Å². The molecule has 19 heavy (non-hydrogen) atoms. The zero-order valence-corrected chi connectivity index (χ0v) is 11.3. The molecule has 0 fully saturated rings. The van der Waals surface area contributed by atoms with Gasteiger partial charge in [-0.2, -0.15) is 0 Å². The Balaban J connectivity index is 2.50. The zero-order chi connectivity index (χ0) is 14.3. The first-order valence-corrected chi connectivity index (χ1v) is 6.38. The van der Waals surface area contributed by atoms with Crippen molar-refractivity contribution < 1.29 is 19.7 Å². The van der Waals surface area contributed by atoms with Crippen molar-refractivity contribution in [2.24, 2.45) is 0 Å². The number of aliphatic hydroxyl groups excluding tert-OH is 1. The molecular weight excluding hydrogens is 246 g/mol. The summed E-state index contributed by atoms with van der Waals surface area (Å²) in [5.41, 5.74) is 0.797. The van der Waals surface area contributed by atoms with Gasteiger partial charge in [0.2, 0.25) is 0 Å². The summed E-state index contributed by atoms with van der Waals surface area (Å²) in [5, 5.41) is 21.3. The van der Waals surface area contributed by atoms with E-state index in [0.29, 0.717) is 6.54 Å². The van der Waals surface area contributed by atoms with Gasteiger partial charge in [0.25, 0.3) is 0 Å². The highest BCUT2D eigenvalue weighted by atomic mass is 16.5. The van der Waals surface area contributed by atoms with Crippen LogP contribution in [0.1, 0.15) is 26.7 Å². The maximum absolute atomic E-state index is 10.4. The minimum atomic E-state index is -0.900. The van der Waals surface area contributed by atoms with Gasteiger partial charge in [-0.1, -0.05) is 12.1 Å². The molecule has 5 heteroatoms. The number of carboxylic acid groups (broad SMARTS) is 1. The third kappa shape index (κ3) is 6.10. The van der Waals surface area contributed by atoms with Gasteiger partial charge in [0.15, 0.2) is 0 Å². The van der Waals surface area contributed by atoms with Crippen LogP contribution in [0.2, 0.25) is 0 Å². The number of aliphatic carboxylic acids is 1. The largest absolute Gasteiger partial charge is 0.489 e. The Kier molecular flexibility index (Phi) is 6.15. The van der Waals surface area contributed by atoms with E-state index in [1.54, 1.807) is 0 Å². The number of hydrogen-bond donors (Lipinski definition) is 3. The molecule has 0 heterocycles. The highest BCUT2D eigenvalue weighted by molar-refractivity contribution is 5.66. The maximum Gasteiger partial charge on any atom is 0.303 e. The molecule has 106 valence electrons. The van der Waals surface area contributed by atoms with Crippen LogP contribution < -0.4 is 10.1 Å². The molecule has 0 saturated carbocycles. The van der Waals surface area contributed by atoms with E-state index in [-0.39, 0.29) is 18.9 Å². The van der Waals surface area contributed by atoms with Gasteiger partial charge in [-0.15, -0.1) is 0 Å². The average molecular weight is 267 g/mol. The van der Waals surface area contributed by atoms with Gasteiger partial charge in [0.1, 0.15) is 5.75 Å². The highest BCUT2D eigenvalue weighted by Crippen LogP contribution is 2.24. The SMILES string of the molecule is CC(C)Oc1ccccc1NCC(O)CCC(=O)O. The lowest BCUT2D eigenvalue weighted by Gasteiger charge is -2.17. The van der Waals surface area contributed by atoms with Crippen molar-refractivity contribution in [3.8, 4) is 5.75 Å². The molecule has 0 spiro atoms. The van der Waals surface area contributed by atoms with Gasteiger partial charge < -0.3 is 20.3 Å². The molecule has 1 aromatic carbocycles. The van der Waals surface area contributed by atoms with Crippen molar-refractivity contribution in [3.05, 3.63) is 24.3 Å². The van der Waals surface area contributed by atoms with Crippen LogP contribution in [0.15, 0.2) is 24.3 Å². The number of aliphatic hydroxyl groups is 1. The smallest absolute Gasteiger partial charge is 0.303 e. The van der Waals surface area contributed by atoms with Crippen LogP contribution in [0.3, 0.4) is 0 Å². The fourth-order valence-corrected chi connectivity index (χ4v) is 1.59. The van der Waals surface area contributed by atoms with E-state index in [4.69, 9.17) is 9.84 Å². The Bertz CT molecular complexity index is 406. The van der Waals surface area contributed by atoms with Gasteiger partial charge >= 0.3 is 5.97 Å². The second-order valence-electron chi connectivity index (χ2n) is 4.63. The molecule has 1 unspecified atom stereocenters. The van der Waals surface area contributed by atoms with Crippen molar-refractivity contribution in [3.63, 3.8) is 0 Å². The van der Waals surface area contributed by atoms with E-state index in [1.165, 1.54) is 0 Å². The van der Waals surface area contributed by atoms with Crippen LogP contribution in [0.4, 0.5) is 5.69 Å². The van der Waals surface area contributed by atoms with E-state index in [1.807, 2.05) is 38.1 Å². The summed E-state index contributed by atoms with van der Waals surface area (Å²) in [4.78, 5) is 10.4. The number of carbonyl (C=O) groups is 1. The third-order valence-corrected chi connectivity index (χ3v) is 2.47. The first-order valence-electron chi connectivity index (χ1n) is 6.38. The monoisotopic (exact) mass is 267 g/mol. The summed E-state index contributed by atoms with van der Waals surface area (Å²) in [6.07, 6.45) is -0.425. The van der Waals surface area contributed by atoms with Crippen molar-refractivity contribution in [1.29, 1.82) is 0 Å². The molecule has 0 amide bonds. The average Bonchev–Trinajstić information content (AvgIpc) is 2.34. The Morgan fingerprint density at radius 2 is 2.05 bits per heavy atom. The van der Waals surface area contributed by atoms with Gasteiger partial charge in [0.05, 0.1) is 17.9 Å². The number of carboxylic acids is 1. The van der Waals surface area contributed by atoms with E-state index >= 15 is 0 Å². The molecule has 0 aliphatic carbocycles. The number of anilines is 1. The number of nitrogens with one attached hydrogen (secondary N) is 1. The lowest BCUT2D eigenvalue weighted by molar-refractivity contribution is -0.137. The molecule has 0 aliphatic heterocycles. The Morgan fingerprint density at radius 1 is 1.37 bits per heavy atom. The normalized spacial score (nSPS) is 12.2. The number of ether oxygens (including phenoxy) is 1. The lowest BCUT2D eigenvalue weighted by Crippen LogP contribution is -2.21. The molecule has 0 aromatic heterocycles. The second-order valence-corrected chi connectivity index (χ2v) is 4.63. The number of para-hydroxylation sites is 2. The van der Waals surface area contributed by atoms with Gasteiger partial charge in [-0.05, 0) is 32.4 Å². The Labute approximate surface area is 113 Å². The minimum absolute atomic E-state index is 0.0347. The van der Waals surface area contributed by atoms with Gasteiger partial charge in [0, 0.05) is 13.0 Å². The van der Waals surface area contributed by atoms with E-state index in [2.05, 4.69) is 5.32 Å². The van der Waals surface area contributed by atoms with Crippen LogP contribution >= 0.6 is 0 Å². The van der Waals surface area contributed by atoms with Crippen LogP contribution in [0.25, 0.3) is 0 Å². The summed E-state index contributed by atoms with van der Waals surface area (Å²) < 4.78 is 5.64. The van der Waals surface area contributed by atoms with Gasteiger partial charge in [-0.3, -0.25) is 4.79 Å². The zero-order valence-electron chi connectivity index (χ0n) is 11.3. The maximum atomic E-state index is 10.4. The molecule has 5 nitrogen and oxygen atoms in total. The quantitative estimate of drug-likeness (QED) is 0.672. The van der Waals surface area contributed by atoms with Crippen LogP contribution in [-0.4, -0.2) is 34.9 Å². The lowest BCUT2D eigenvalue weighted by atomic mass is 10.2. The van der Waals surface area contributed by atoms with E-state index in [0.717, 1.165) is 11.4 Å². The highest BCUT2D eigenvalue weighted by Gasteiger charge is 2.09. The Morgan fingerprint density at radius 3 is 2.68 bits per heavy atom. The fraction of sp³-hybridized carbons (Fsp3) is 0.500. The van der Waals surface area contributed by atoms with Crippen LogP contribution in [-0.2, 0) is 4.79 Å². The fourth-order valence-electron chi connectivity index (χ4n) is 1.59. The molecule has 3 N–H and O–H groups in total. The topological polar surface area (TPSA) is 78.8 Å². The van der Waals surface area contributed by atoms with Gasteiger partial charge in [-0.25, -0.2) is 0 Å². The molecule has 0 radical (unpaired) electrons. The standard InChI is InChI=1S/C14H21NO4/c1-10(2)19-13-6-4-3-5-12(13)15-9-11(16)7-8-14(17)18/h3-6,10-11,15-16H,7-9H2,1-2H3,(H,17,18). The summed E-state index contributed by atoms with van der Waals surface area (Å²) in [5.74, 6) is -0.175. The summed E-state index contributed by atoms with van der Waals surface area (Å²) in [6.45, 7) is 4.18. The molecule has 1 rings (SSSR count). The third-order valence-electron chi connectivity index (χ3n) is 2.47. The molecule has 1 atom stereocenters. The van der Waals surface area contributed by atoms with Crippen LogP contribution in [0.5, 0.6) is 5.75 Å². The Hall–Kier alpha value is -1.75. The predicted molar refractivity (Wildman–Crippen MR) is 73.6 cm³/mol. The number of hydrogen-bond acceptors (Lipinski definition) is 4. The van der Waals surface area contributed by atoms with Crippen molar-refractivity contribution in [2.75, 3.05) is 11.9 Å². The van der Waals surface area contributed by atoms with E-state index < -0.39 is 12.1 Å². The minimum Gasteiger partial charge on any atom is -0.489 e. The molecule has 0 saturated heterocycles.